The van der Waals surface area contributed by atoms with Gasteiger partial charge in [-0.2, -0.15) is 0 Å². The van der Waals surface area contributed by atoms with Crippen LogP contribution >= 0.6 is 27.5 Å². The normalized spacial score (nSPS) is 12.0. The van der Waals surface area contributed by atoms with E-state index in [1.807, 2.05) is 25.1 Å². The minimum Gasteiger partial charge on any atom is -0.482 e. The highest BCUT2D eigenvalue weighted by molar-refractivity contribution is 9.10. The van der Waals surface area contributed by atoms with Crippen LogP contribution in [0.25, 0.3) is 0 Å². The van der Waals surface area contributed by atoms with E-state index in [-0.39, 0.29) is 5.78 Å². The summed E-state index contributed by atoms with van der Waals surface area (Å²) in [5.74, 6) is 0.606. The predicted octanol–water partition coefficient (Wildman–Crippen LogP) is 5.06. The van der Waals surface area contributed by atoms with Crippen LogP contribution in [0.4, 0.5) is 0 Å². The Labute approximate surface area is 131 Å². The molecule has 0 aromatic heterocycles. The topological polar surface area (TPSA) is 26.3 Å². The maximum absolute atomic E-state index is 12.3. The van der Waals surface area contributed by atoms with Crippen LogP contribution in [0.15, 0.2) is 46.9 Å². The minimum atomic E-state index is -0.568. The van der Waals surface area contributed by atoms with E-state index in [4.69, 9.17) is 16.3 Å². The first kappa shape index (κ1) is 15.1. The van der Waals surface area contributed by atoms with E-state index in [9.17, 15) is 4.79 Å². The molecule has 4 heteroatoms. The van der Waals surface area contributed by atoms with E-state index < -0.39 is 6.10 Å². The minimum absolute atomic E-state index is 0.0909. The molecule has 20 heavy (non-hydrogen) atoms. The molecule has 0 bridgehead atoms. The summed E-state index contributed by atoms with van der Waals surface area (Å²) >= 11 is 9.30. The fourth-order valence-electron chi connectivity index (χ4n) is 1.82. The van der Waals surface area contributed by atoms with Gasteiger partial charge < -0.3 is 4.74 Å². The van der Waals surface area contributed by atoms with Crippen molar-refractivity contribution in [2.24, 2.45) is 0 Å². The molecule has 0 radical (unpaired) electrons. The number of Topliss-reactive ketones (excluding diaryl/α,β-unsaturated/α-hetero) is 1. The van der Waals surface area contributed by atoms with Crippen molar-refractivity contribution in [2.75, 3.05) is 0 Å². The molecule has 2 nitrogen and oxygen atoms in total. The van der Waals surface area contributed by atoms with E-state index in [0.29, 0.717) is 16.3 Å². The zero-order valence-electron chi connectivity index (χ0n) is 11.2. The van der Waals surface area contributed by atoms with Gasteiger partial charge in [0.25, 0.3) is 0 Å². The molecule has 0 fully saturated rings. The molecular weight excluding hydrogens is 340 g/mol. The Morgan fingerprint density at radius 1 is 1.25 bits per heavy atom. The SMILES string of the molecule is Cc1ccc(Br)cc1OC(C)C(=O)c1cccc(Cl)c1. The summed E-state index contributed by atoms with van der Waals surface area (Å²) in [6, 6.07) is 12.6. The summed E-state index contributed by atoms with van der Waals surface area (Å²) in [5, 5.41) is 0.543. The molecule has 2 aromatic rings. The van der Waals surface area contributed by atoms with Gasteiger partial charge in [-0.1, -0.05) is 45.7 Å². The summed E-state index contributed by atoms with van der Waals surface area (Å²) in [7, 11) is 0. The predicted molar refractivity (Wildman–Crippen MR) is 84.8 cm³/mol. The summed E-state index contributed by atoms with van der Waals surface area (Å²) < 4.78 is 6.68. The number of halogens is 2. The summed E-state index contributed by atoms with van der Waals surface area (Å²) in [6.07, 6.45) is -0.568. The lowest BCUT2D eigenvalue weighted by molar-refractivity contribution is 0.0817. The van der Waals surface area contributed by atoms with E-state index in [1.54, 1.807) is 31.2 Å². The molecule has 0 heterocycles. The van der Waals surface area contributed by atoms with Crippen molar-refractivity contribution in [3.05, 3.63) is 63.1 Å². The Balaban J connectivity index is 2.17. The third kappa shape index (κ3) is 3.62. The quantitative estimate of drug-likeness (QED) is 0.718. The number of rotatable bonds is 4. The molecule has 1 unspecified atom stereocenters. The molecule has 0 saturated heterocycles. The second kappa shape index (κ2) is 6.42. The molecule has 0 aliphatic heterocycles. The van der Waals surface area contributed by atoms with Gasteiger partial charge in [-0.3, -0.25) is 4.79 Å². The molecule has 104 valence electrons. The largest absolute Gasteiger partial charge is 0.482 e. The number of hydrogen-bond acceptors (Lipinski definition) is 2. The Bertz CT molecular complexity index is 640. The van der Waals surface area contributed by atoms with Crippen molar-refractivity contribution in [1.82, 2.24) is 0 Å². The first-order valence-electron chi connectivity index (χ1n) is 6.20. The first-order valence-corrected chi connectivity index (χ1v) is 7.37. The molecule has 2 rings (SSSR count). The van der Waals surface area contributed by atoms with Gasteiger partial charge in [0.15, 0.2) is 6.10 Å². The van der Waals surface area contributed by atoms with Crippen molar-refractivity contribution >= 4 is 33.3 Å². The standard InChI is InChI=1S/C16H14BrClO2/c1-10-6-7-13(17)9-15(10)20-11(2)16(19)12-4-3-5-14(18)8-12/h3-9,11H,1-2H3. The van der Waals surface area contributed by atoms with Crippen molar-refractivity contribution in [3.8, 4) is 5.75 Å². The lowest BCUT2D eigenvalue weighted by Crippen LogP contribution is -2.24. The number of carbonyl (C=O) groups excluding carboxylic acids is 1. The van der Waals surface area contributed by atoms with E-state index in [2.05, 4.69) is 15.9 Å². The van der Waals surface area contributed by atoms with Gasteiger partial charge in [0, 0.05) is 15.1 Å². The van der Waals surface area contributed by atoms with Gasteiger partial charge >= 0.3 is 0 Å². The summed E-state index contributed by atoms with van der Waals surface area (Å²) in [5.41, 5.74) is 1.54. The van der Waals surface area contributed by atoms with Gasteiger partial charge in [-0.15, -0.1) is 0 Å². The summed E-state index contributed by atoms with van der Waals surface area (Å²) in [4.78, 5) is 12.3. The number of ether oxygens (including phenoxy) is 1. The molecule has 0 aliphatic rings. The number of aryl methyl sites for hydroxylation is 1. The average Bonchev–Trinajstić information content (AvgIpc) is 2.42. The van der Waals surface area contributed by atoms with Gasteiger partial charge in [0.1, 0.15) is 5.75 Å². The van der Waals surface area contributed by atoms with Gasteiger partial charge in [0.05, 0.1) is 0 Å². The first-order chi connectivity index (χ1) is 9.47. The van der Waals surface area contributed by atoms with Crippen molar-refractivity contribution in [3.63, 3.8) is 0 Å². The summed E-state index contributed by atoms with van der Waals surface area (Å²) in [6.45, 7) is 3.68. The lowest BCUT2D eigenvalue weighted by atomic mass is 10.1. The number of carbonyl (C=O) groups is 1. The van der Waals surface area contributed by atoms with Crippen LogP contribution in [0.5, 0.6) is 5.75 Å². The van der Waals surface area contributed by atoms with E-state index in [1.165, 1.54) is 0 Å². The number of ketones is 1. The maximum Gasteiger partial charge on any atom is 0.203 e. The zero-order valence-corrected chi connectivity index (χ0v) is 13.5. The highest BCUT2D eigenvalue weighted by Crippen LogP contribution is 2.24. The molecule has 1 atom stereocenters. The van der Waals surface area contributed by atoms with Crippen LogP contribution in [0.1, 0.15) is 22.8 Å². The third-order valence-corrected chi connectivity index (χ3v) is 3.66. The second-order valence-electron chi connectivity index (χ2n) is 4.54. The highest BCUT2D eigenvalue weighted by Gasteiger charge is 2.18. The van der Waals surface area contributed by atoms with E-state index >= 15 is 0 Å². The molecule has 0 saturated carbocycles. The lowest BCUT2D eigenvalue weighted by Gasteiger charge is -2.16. The van der Waals surface area contributed by atoms with Crippen LogP contribution in [-0.4, -0.2) is 11.9 Å². The second-order valence-corrected chi connectivity index (χ2v) is 5.90. The van der Waals surface area contributed by atoms with Crippen molar-refractivity contribution in [1.29, 1.82) is 0 Å². The van der Waals surface area contributed by atoms with E-state index in [0.717, 1.165) is 10.0 Å². The molecule has 0 aliphatic carbocycles. The van der Waals surface area contributed by atoms with Crippen LogP contribution in [0.2, 0.25) is 5.02 Å². The van der Waals surface area contributed by atoms with Crippen LogP contribution < -0.4 is 4.74 Å². The molecule has 0 amide bonds. The molecular formula is C16H14BrClO2. The Morgan fingerprint density at radius 3 is 2.70 bits per heavy atom. The highest BCUT2D eigenvalue weighted by atomic mass is 79.9. The van der Waals surface area contributed by atoms with Crippen molar-refractivity contribution in [2.45, 2.75) is 20.0 Å². The fraction of sp³-hybridized carbons (Fsp3) is 0.188. The Hall–Kier alpha value is -1.32. The zero-order chi connectivity index (χ0) is 14.7. The Morgan fingerprint density at radius 2 is 2.00 bits per heavy atom. The Kier molecular flexibility index (Phi) is 4.84. The third-order valence-electron chi connectivity index (χ3n) is 2.93. The monoisotopic (exact) mass is 352 g/mol. The van der Waals surface area contributed by atoms with Gasteiger partial charge in [-0.25, -0.2) is 0 Å². The van der Waals surface area contributed by atoms with Crippen molar-refractivity contribution < 1.29 is 9.53 Å². The number of benzene rings is 2. The van der Waals surface area contributed by atoms with Crippen LogP contribution in [0, 0.1) is 6.92 Å². The fourth-order valence-corrected chi connectivity index (χ4v) is 2.35. The molecule has 0 N–H and O–H groups in total. The maximum atomic E-state index is 12.3. The van der Waals surface area contributed by atoms with Crippen LogP contribution in [-0.2, 0) is 0 Å². The smallest absolute Gasteiger partial charge is 0.203 e. The molecule has 0 spiro atoms. The number of hydrogen-bond donors (Lipinski definition) is 0. The van der Waals surface area contributed by atoms with Crippen LogP contribution in [0.3, 0.4) is 0 Å². The van der Waals surface area contributed by atoms with Gasteiger partial charge in [-0.05, 0) is 43.7 Å². The average molecular weight is 354 g/mol. The molecule has 2 aromatic carbocycles. The van der Waals surface area contributed by atoms with Gasteiger partial charge in [0.2, 0.25) is 5.78 Å².